The molecule has 0 aromatic rings. The Hall–Kier alpha value is -1.30. The van der Waals surface area contributed by atoms with Crippen LogP contribution in [0.2, 0.25) is 0 Å². The highest BCUT2D eigenvalue weighted by atomic mass is 16.4. The normalized spacial score (nSPS) is 19.7. The molecule has 0 aromatic heterocycles. The van der Waals surface area contributed by atoms with Crippen LogP contribution < -0.4 is 5.32 Å². The molecule has 1 atom stereocenters. The molecule has 0 saturated carbocycles. The molecule has 110 valence electrons. The first-order chi connectivity index (χ1) is 8.90. The van der Waals surface area contributed by atoms with E-state index in [9.17, 15) is 9.59 Å². The summed E-state index contributed by atoms with van der Waals surface area (Å²) < 4.78 is 0. The molecule has 19 heavy (non-hydrogen) atoms. The van der Waals surface area contributed by atoms with Gasteiger partial charge in [-0.25, -0.2) is 4.79 Å². The molecule has 0 aliphatic carbocycles. The summed E-state index contributed by atoms with van der Waals surface area (Å²) in [6.07, 6.45) is 1.09. The van der Waals surface area contributed by atoms with Crippen LogP contribution in [0.3, 0.4) is 0 Å². The van der Waals surface area contributed by atoms with Crippen LogP contribution in [0.4, 0.5) is 4.79 Å². The number of carbonyl (C=O) groups is 2. The maximum atomic E-state index is 12.0. The van der Waals surface area contributed by atoms with Crippen molar-refractivity contribution >= 4 is 12.0 Å². The molecule has 1 saturated heterocycles. The van der Waals surface area contributed by atoms with Crippen molar-refractivity contribution in [3.05, 3.63) is 0 Å². The van der Waals surface area contributed by atoms with Crippen LogP contribution in [0.1, 0.15) is 26.7 Å². The number of aliphatic carboxylic acids is 1. The van der Waals surface area contributed by atoms with Crippen LogP contribution in [0, 0.1) is 5.92 Å². The van der Waals surface area contributed by atoms with Gasteiger partial charge >= 0.3 is 12.0 Å². The van der Waals surface area contributed by atoms with Gasteiger partial charge in [-0.3, -0.25) is 4.79 Å². The lowest BCUT2D eigenvalue weighted by molar-refractivity contribution is -0.137. The maximum absolute atomic E-state index is 12.0. The number of urea groups is 1. The predicted octanol–water partition coefficient (Wildman–Crippen LogP) is 0.833. The molecule has 1 aliphatic rings. The zero-order valence-corrected chi connectivity index (χ0v) is 12.1. The van der Waals surface area contributed by atoms with E-state index >= 15 is 0 Å². The Labute approximate surface area is 114 Å². The first-order valence-electron chi connectivity index (χ1n) is 6.85. The summed E-state index contributed by atoms with van der Waals surface area (Å²) in [5, 5.41) is 11.6. The minimum Gasteiger partial charge on any atom is -0.481 e. The van der Waals surface area contributed by atoms with Gasteiger partial charge in [0.2, 0.25) is 0 Å². The van der Waals surface area contributed by atoms with E-state index in [1.165, 1.54) is 0 Å². The number of nitrogens with zero attached hydrogens (tertiary/aromatic N) is 2. The summed E-state index contributed by atoms with van der Waals surface area (Å²) in [5.41, 5.74) is 0. The first kappa shape index (κ1) is 15.8. The van der Waals surface area contributed by atoms with Gasteiger partial charge in [-0.15, -0.1) is 0 Å². The van der Waals surface area contributed by atoms with Gasteiger partial charge in [0.1, 0.15) is 0 Å². The smallest absolute Gasteiger partial charge is 0.317 e. The van der Waals surface area contributed by atoms with Crippen molar-refractivity contribution in [1.29, 1.82) is 0 Å². The van der Waals surface area contributed by atoms with Gasteiger partial charge in [-0.1, -0.05) is 0 Å². The van der Waals surface area contributed by atoms with Crippen LogP contribution in [0.25, 0.3) is 0 Å². The predicted molar refractivity (Wildman–Crippen MR) is 73.1 cm³/mol. The molecule has 0 radical (unpaired) electrons. The molecule has 6 heteroatoms. The number of nitrogens with one attached hydrogen (secondary N) is 1. The molecular weight excluding hydrogens is 246 g/mol. The zero-order valence-electron chi connectivity index (χ0n) is 12.1. The number of amides is 2. The van der Waals surface area contributed by atoms with Crippen LogP contribution in [0.15, 0.2) is 0 Å². The third-order valence-corrected chi connectivity index (χ3v) is 3.48. The second-order valence-corrected chi connectivity index (χ2v) is 5.53. The number of hydrogen-bond donors (Lipinski definition) is 2. The van der Waals surface area contributed by atoms with Gasteiger partial charge in [-0.2, -0.15) is 0 Å². The summed E-state index contributed by atoms with van der Waals surface area (Å²) in [5.74, 6) is -0.377. The summed E-state index contributed by atoms with van der Waals surface area (Å²) in [6.45, 7) is 6.79. The molecule has 1 unspecified atom stereocenters. The SMILES string of the molecule is CC(C)N(CCC(=O)O)C(=O)NCC1CCN(C)C1. The van der Waals surface area contributed by atoms with Gasteiger partial charge in [0, 0.05) is 25.7 Å². The van der Waals surface area contributed by atoms with E-state index < -0.39 is 5.97 Å². The van der Waals surface area contributed by atoms with E-state index in [1.54, 1.807) is 4.90 Å². The Bertz CT molecular complexity index is 320. The molecule has 0 aromatic carbocycles. The summed E-state index contributed by atoms with van der Waals surface area (Å²) >= 11 is 0. The first-order valence-corrected chi connectivity index (χ1v) is 6.85. The van der Waals surface area contributed by atoms with Crippen molar-refractivity contribution in [3.8, 4) is 0 Å². The summed E-state index contributed by atoms with van der Waals surface area (Å²) in [7, 11) is 2.08. The van der Waals surface area contributed by atoms with Gasteiger partial charge < -0.3 is 20.2 Å². The van der Waals surface area contributed by atoms with Crippen molar-refractivity contribution in [2.75, 3.05) is 33.2 Å². The molecule has 0 spiro atoms. The lowest BCUT2D eigenvalue weighted by Crippen LogP contribution is -2.46. The Morgan fingerprint density at radius 2 is 2.16 bits per heavy atom. The lowest BCUT2D eigenvalue weighted by atomic mass is 10.1. The second kappa shape index (κ2) is 7.33. The lowest BCUT2D eigenvalue weighted by Gasteiger charge is -2.27. The van der Waals surface area contributed by atoms with E-state index in [1.807, 2.05) is 13.8 Å². The standard InChI is InChI=1S/C13H25N3O3/c1-10(2)16(7-5-12(17)18)13(19)14-8-11-4-6-15(3)9-11/h10-11H,4-9H2,1-3H3,(H,14,19)(H,17,18). The fourth-order valence-corrected chi connectivity index (χ4v) is 2.34. The highest BCUT2D eigenvalue weighted by Gasteiger charge is 2.22. The molecule has 1 aliphatic heterocycles. The average Bonchev–Trinajstić information content (AvgIpc) is 2.72. The van der Waals surface area contributed by atoms with Crippen molar-refractivity contribution in [1.82, 2.24) is 15.1 Å². The number of carbonyl (C=O) groups excluding carboxylic acids is 1. The van der Waals surface area contributed by atoms with E-state index in [0.29, 0.717) is 12.5 Å². The van der Waals surface area contributed by atoms with Crippen LogP contribution in [0.5, 0.6) is 0 Å². The third kappa shape index (κ3) is 5.46. The number of carboxylic acid groups (broad SMARTS) is 1. The molecule has 0 bridgehead atoms. The van der Waals surface area contributed by atoms with Crippen LogP contribution in [-0.4, -0.2) is 66.2 Å². The number of likely N-dealkylation sites (tertiary alicyclic amines) is 1. The van der Waals surface area contributed by atoms with Gasteiger partial charge in [0.05, 0.1) is 6.42 Å². The highest BCUT2D eigenvalue weighted by molar-refractivity contribution is 5.75. The minimum absolute atomic E-state index is 0.00519. The summed E-state index contributed by atoms with van der Waals surface area (Å²) in [6, 6.07) is -0.156. The highest BCUT2D eigenvalue weighted by Crippen LogP contribution is 2.13. The quantitative estimate of drug-likeness (QED) is 0.750. The van der Waals surface area contributed by atoms with E-state index in [-0.39, 0.29) is 25.0 Å². The Balaban J connectivity index is 2.37. The molecule has 1 fully saturated rings. The van der Waals surface area contributed by atoms with Crippen molar-refractivity contribution in [2.24, 2.45) is 5.92 Å². The number of rotatable bonds is 6. The Kier molecular flexibility index (Phi) is 6.08. The van der Waals surface area contributed by atoms with E-state index in [0.717, 1.165) is 19.5 Å². The fraction of sp³-hybridized carbons (Fsp3) is 0.846. The van der Waals surface area contributed by atoms with Crippen LogP contribution >= 0.6 is 0 Å². The van der Waals surface area contributed by atoms with E-state index in [2.05, 4.69) is 17.3 Å². The monoisotopic (exact) mass is 271 g/mol. The Morgan fingerprint density at radius 1 is 1.47 bits per heavy atom. The molecule has 6 nitrogen and oxygen atoms in total. The molecule has 2 N–H and O–H groups in total. The largest absolute Gasteiger partial charge is 0.481 e. The third-order valence-electron chi connectivity index (χ3n) is 3.48. The van der Waals surface area contributed by atoms with Gasteiger partial charge in [0.25, 0.3) is 0 Å². The average molecular weight is 271 g/mol. The minimum atomic E-state index is -0.879. The van der Waals surface area contributed by atoms with Gasteiger partial charge in [0.15, 0.2) is 0 Å². The van der Waals surface area contributed by atoms with E-state index in [4.69, 9.17) is 5.11 Å². The molecule has 1 heterocycles. The van der Waals surface area contributed by atoms with Crippen molar-refractivity contribution < 1.29 is 14.7 Å². The van der Waals surface area contributed by atoms with Crippen molar-refractivity contribution in [3.63, 3.8) is 0 Å². The zero-order chi connectivity index (χ0) is 14.4. The number of carboxylic acids is 1. The molecule has 2 amide bonds. The van der Waals surface area contributed by atoms with Crippen LogP contribution in [-0.2, 0) is 4.79 Å². The summed E-state index contributed by atoms with van der Waals surface area (Å²) in [4.78, 5) is 26.5. The second-order valence-electron chi connectivity index (χ2n) is 5.53. The fourth-order valence-electron chi connectivity index (χ4n) is 2.34. The number of hydrogen-bond acceptors (Lipinski definition) is 3. The van der Waals surface area contributed by atoms with Gasteiger partial charge in [-0.05, 0) is 39.8 Å². The maximum Gasteiger partial charge on any atom is 0.317 e. The molecular formula is C13H25N3O3. The Morgan fingerprint density at radius 3 is 2.63 bits per heavy atom. The molecule has 1 rings (SSSR count). The topological polar surface area (TPSA) is 72.9 Å². The van der Waals surface area contributed by atoms with Crippen molar-refractivity contribution in [2.45, 2.75) is 32.7 Å².